The van der Waals surface area contributed by atoms with Crippen LogP contribution in [0.1, 0.15) is 55.1 Å². The number of carbonyl (C=O) groups excluding carboxylic acids is 1. The molecule has 0 aliphatic heterocycles. The first kappa shape index (κ1) is 18.4. The van der Waals surface area contributed by atoms with Crippen LogP contribution < -0.4 is 11.1 Å². The zero-order valence-electron chi connectivity index (χ0n) is 15.6. The number of hydrogen-bond donors (Lipinski definition) is 2. The fourth-order valence-electron chi connectivity index (χ4n) is 4.41. The summed E-state index contributed by atoms with van der Waals surface area (Å²) in [6.45, 7) is 2.85. The van der Waals surface area contributed by atoms with E-state index in [4.69, 9.17) is 17.3 Å². The lowest BCUT2D eigenvalue weighted by molar-refractivity contribution is 0.0876. The molecule has 2 aromatic rings. The smallest absolute Gasteiger partial charge is 0.273 e. The third-order valence-corrected chi connectivity index (χ3v) is 6.58. The molecule has 0 spiro atoms. The van der Waals surface area contributed by atoms with Crippen LogP contribution in [-0.4, -0.2) is 33.0 Å². The standard InChI is InChI=1S/C20H26ClN5O/c1-13(20(7-2-8-20)15-3-5-16(21)6-4-15)23-19(27)18-12-26(25-24-18)11-14-9-17(22)10-14/h3-6,12-14,17H,2,7-11,22H2,1H3,(H,23,27). The average molecular weight is 388 g/mol. The molecule has 1 aromatic heterocycles. The van der Waals surface area contributed by atoms with E-state index in [2.05, 4.69) is 34.7 Å². The Balaban J connectivity index is 1.41. The zero-order valence-corrected chi connectivity index (χ0v) is 16.3. The number of nitrogens with one attached hydrogen (secondary N) is 1. The summed E-state index contributed by atoms with van der Waals surface area (Å²) in [5, 5.41) is 12.0. The SMILES string of the molecule is CC(NC(=O)c1cn(CC2CC(N)C2)nn1)C1(c2ccc(Cl)cc2)CCC1. The molecular weight excluding hydrogens is 362 g/mol. The molecule has 2 aliphatic rings. The van der Waals surface area contributed by atoms with Crippen molar-refractivity contribution in [2.75, 3.05) is 0 Å². The van der Waals surface area contributed by atoms with Crippen molar-refractivity contribution in [3.05, 3.63) is 46.7 Å². The number of carbonyl (C=O) groups is 1. The van der Waals surface area contributed by atoms with E-state index in [0.29, 0.717) is 17.7 Å². The summed E-state index contributed by atoms with van der Waals surface area (Å²) < 4.78 is 1.76. The lowest BCUT2D eigenvalue weighted by Crippen LogP contribution is -2.52. The molecule has 2 fully saturated rings. The quantitative estimate of drug-likeness (QED) is 0.797. The van der Waals surface area contributed by atoms with Gasteiger partial charge in [-0.2, -0.15) is 0 Å². The van der Waals surface area contributed by atoms with Crippen LogP contribution in [0.25, 0.3) is 0 Å². The molecule has 6 nitrogen and oxygen atoms in total. The van der Waals surface area contributed by atoms with Gasteiger partial charge in [0.15, 0.2) is 5.69 Å². The lowest BCUT2D eigenvalue weighted by atomic mass is 9.60. The molecule has 144 valence electrons. The summed E-state index contributed by atoms with van der Waals surface area (Å²) in [5.74, 6) is 0.374. The number of amides is 1. The minimum absolute atomic E-state index is 0.00899. The van der Waals surface area contributed by atoms with Gasteiger partial charge in [0.2, 0.25) is 0 Å². The van der Waals surface area contributed by atoms with Gasteiger partial charge in [-0.1, -0.05) is 35.4 Å². The predicted molar refractivity (Wildman–Crippen MR) is 105 cm³/mol. The molecule has 1 amide bonds. The summed E-state index contributed by atoms with van der Waals surface area (Å²) in [6.07, 6.45) is 7.06. The van der Waals surface area contributed by atoms with Crippen LogP contribution in [0.4, 0.5) is 0 Å². The van der Waals surface area contributed by atoms with Gasteiger partial charge >= 0.3 is 0 Å². The normalized spacial score (nSPS) is 24.6. The number of hydrogen-bond acceptors (Lipinski definition) is 4. The van der Waals surface area contributed by atoms with Crippen LogP contribution in [0.3, 0.4) is 0 Å². The Hall–Kier alpha value is -1.92. The minimum atomic E-state index is -0.167. The van der Waals surface area contributed by atoms with Crippen molar-refractivity contribution >= 4 is 17.5 Å². The summed E-state index contributed by atoms with van der Waals surface area (Å²) >= 11 is 6.03. The fraction of sp³-hybridized carbons (Fsp3) is 0.550. The first-order valence-corrected chi connectivity index (χ1v) is 10.1. The number of aromatic nitrogens is 3. The molecule has 0 saturated heterocycles. The van der Waals surface area contributed by atoms with Crippen molar-refractivity contribution in [3.8, 4) is 0 Å². The van der Waals surface area contributed by atoms with E-state index >= 15 is 0 Å². The first-order valence-electron chi connectivity index (χ1n) is 9.69. The monoisotopic (exact) mass is 387 g/mol. The van der Waals surface area contributed by atoms with Crippen LogP contribution in [0.15, 0.2) is 30.5 Å². The number of halogens is 1. The largest absolute Gasteiger partial charge is 0.347 e. The van der Waals surface area contributed by atoms with Crippen molar-refractivity contribution in [1.29, 1.82) is 0 Å². The van der Waals surface area contributed by atoms with E-state index < -0.39 is 0 Å². The van der Waals surface area contributed by atoms with Crippen LogP contribution in [-0.2, 0) is 12.0 Å². The summed E-state index contributed by atoms with van der Waals surface area (Å²) in [7, 11) is 0. The van der Waals surface area contributed by atoms with Crippen molar-refractivity contribution in [3.63, 3.8) is 0 Å². The van der Waals surface area contributed by atoms with E-state index in [1.807, 2.05) is 12.1 Å². The second-order valence-electron chi connectivity index (χ2n) is 8.14. The Morgan fingerprint density at radius 3 is 2.67 bits per heavy atom. The Labute approximate surface area is 164 Å². The lowest BCUT2D eigenvalue weighted by Gasteiger charge is -2.47. The Kier molecular flexibility index (Phi) is 4.95. The number of nitrogens with two attached hydrogens (primary N) is 1. The molecule has 1 aromatic carbocycles. The van der Waals surface area contributed by atoms with Gasteiger partial charge in [-0.05, 0) is 56.2 Å². The molecule has 3 N–H and O–H groups in total. The summed E-state index contributed by atoms with van der Waals surface area (Å²) in [6, 6.07) is 8.31. The molecule has 1 unspecified atom stereocenters. The van der Waals surface area contributed by atoms with Gasteiger partial charge in [0.25, 0.3) is 5.91 Å². The highest BCUT2D eigenvalue weighted by atomic mass is 35.5. The van der Waals surface area contributed by atoms with E-state index in [1.54, 1.807) is 10.9 Å². The highest BCUT2D eigenvalue weighted by Gasteiger charge is 2.44. The molecule has 27 heavy (non-hydrogen) atoms. The molecule has 2 aliphatic carbocycles. The van der Waals surface area contributed by atoms with Gasteiger partial charge in [0.1, 0.15) is 0 Å². The second kappa shape index (κ2) is 7.24. The van der Waals surface area contributed by atoms with Crippen molar-refractivity contribution in [2.45, 2.75) is 63.1 Å². The van der Waals surface area contributed by atoms with Crippen molar-refractivity contribution in [2.24, 2.45) is 11.7 Å². The highest BCUT2D eigenvalue weighted by Crippen LogP contribution is 2.46. The topological polar surface area (TPSA) is 85.8 Å². The van der Waals surface area contributed by atoms with Gasteiger partial charge < -0.3 is 11.1 Å². The van der Waals surface area contributed by atoms with Crippen LogP contribution >= 0.6 is 11.6 Å². The summed E-state index contributed by atoms with van der Waals surface area (Å²) in [4.78, 5) is 12.7. The van der Waals surface area contributed by atoms with Crippen molar-refractivity contribution in [1.82, 2.24) is 20.3 Å². The van der Waals surface area contributed by atoms with Crippen LogP contribution in [0.2, 0.25) is 5.02 Å². The fourth-order valence-corrected chi connectivity index (χ4v) is 4.54. The van der Waals surface area contributed by atoms with Gasteiger partial charge in [-0.25, -0.2) is 0 Å². The Morgan fingerprint density at radius 1 is 1.37 bits per heavy atom. The highest BCUT2D eigenvalue weighted by molar-refractivity contribution is 6.30. The number of nitrogens with zero attached hydrogens (tertiary/aromatic N) is 3. The van der Waals surface area contributed by atoms with Gasteiger partial charge in [0, 0.05) is 29.1 Å². The minimum Gasteiger partial charge on any atom is -0.347 e. The summed E-state index contributed by atoms with van der Waals surface area (Å²) in [5.41, 5.74) is 7.40. The third kappa shape index (κ3) is 3.60. The molecular formula is C20H26ClN5O. The average Bonchev–Trinajstić information content (AvgIpc) is 3.03. The molecule has 2 saturated carbocycles. The zero-order chi connectivity index (χ0) is 19.0. The Morgan fingerprint density at radius 2 is 2.07 bits per heavy atom. The molecule has 4 rings (SSSR count). The second-order valence-corrected chi connectivity index (χ2v) is 8.57. The molecule has 7 heteroatoms. The third-order valence-electron chi connectivity index (χ3n) is 6.33. The van der Waals surface area contributed by atoms with Crippen LogP contribution in [0, 0.1) is 5.92 Å². The maximum Gasteiger partial charge on any atom is 0.273 e. The van der Waals surface area contributed by atoms with Gasteiger partial charge in [-0.3, -0.25) is 9.48 Å². The number of rotatable bonds is 6. The maximum atomic E-state index is 12.7. The van der Waals surface area contributed by atoms with E-state index in [1.165, 1.54) is 12.0 Å². The van der Waals surface area contributed by atoms with Crippen molar-refractivity contribution < 1.29 is 4.79 Å². The molecule has 0 radical (unpaired) electrons. The number of benzene rings is 1. The Bertz CT molecular complexity index is 808. The van der Waals surface area contributed by atoms with Gasteiger partial charge in [-0.15, -0.1) is 5.10 Å². The van der Waals surface area contributed by atoms with E-state index in [9.17, 15) is 4.79 Å². The first-order chi connectivity index (χ1) is 13.0. The molecule has 1 atom stereocenters. The van der Waals surface area contributed by atoms with Gasteiger partial charge in [0.05, 0.1) is 6.20 Å². The van der Waals surface area contributed by atoms with E-state index in [0.717, 1.165) is 37.3 Å². The maximum absolute atomic E-state index is 12.7. The molecule has 0 bridgehead atoms. The molecule has 1 heterocycles. The van der Waals surface area contributed by atoms with E-state index in [-0.39, 0.29) is 17.4 Å². The predicted octanol–water partition coefficient (Wildman–Crippen LogP) is 2.91. The van der Waals surface area contributed by atoms with Crippen LogP contribution in [0.5, 0.6) is 0 Å².